The van der Waals surface area contributed by atoms with Crippen molar-refractivity contribution < 1.29 is 0 Å². The monoisotopic (exact) mass is 311 g/mol. The molecule has 23 heavy (non-hydrogen) atoms. The van der Waals surface area contributed by atoms with E-state index in [2.05, 4.69) is 44.1 Å². The molecule has 0 fully saturated rings. The molecule has 4 heteroatoms. The molecule has 0 saturated carbocycles. The number of fused-ring (bicyclic) bond motifs is 1. The van der Waals surface area contributed by atoms with Crippen LogP contribution < -0.4 is 10.9 Å². The third-order valence-corrected chi connectivity index (χ3v) is 4.94. The summed E-state index contributed by atoms with van der Waals surface area (Å²) in [4.78, 5) is 17.1. The first-order chi connectivity index (χ1) is 10.7. The number of rotatable bonds is 2. The van der Waals surface area contributed by atoms with Crippen LogP contribution in [0.5, 0.6) is 0 Å². The van der Waals surface area contributed by atoms with Gasteiger partial charge in [-0.1, -0.05) is 19.9 Å². The predicted octanol–water partition coefficient (Wildman–Crippen LogP) is 3.23. The fraction of sp³-hybridized carbons (Fsp3) is 0.474. The topological polar surface area (TPSA) is 46.9 Å². The highest BCUT2D eigenvalue weighted by atomic mass is 16.1. The number of nitrogens with one attached hydrogen (secondary N) is 1. The second kappa shape index (κ2) is 5.22. The fourth-order valence-electron chi connectivity index (χ4n) is 3.83. The van der Waals surface area contributed by atoms with Crippen molar-refractivity contribution in [1.29, 1.82) is 0 Å². The predicted molar refractivity (Wildman–Crippen MR) is 95.1 cm³/mol. The average molecular weight is 311 g/mol. The van der Waals surface area contributed by atoms with E-state index in [0.717, 1.165) is 24.2 Å². The van der Waals surface area contributed by atoms with Gasteiger partial charge in [0.05, 0.1) is 6.20 Å². The van der Waals surface area contributed by atoms with Gasteiger partial charge in [-0.25, -0.2) is 4.98 Å². The van der Waals surface area contributed by atoms with E-state index in [0.29, 0.717) is 5.69 Å². The van der Waals surface area contributed by atoms with Crippen molar-refractivity contribution >= 4 is 5.69 Å². The maximum Gasteiger partial charge on any atom is 0.276 e. The summed E-state index contributed by atoms with van der Waals surface area (Å²) in [6.45, 7) is 8.92. The fourth-order valence-corrected chi connectivity index (χ4v) is 3.83. The van der Waals surface area contributed by atoms with Crippen molar-refractivity contribution in [3.63, 3.8) is 0 Å². The number of benzene rings is 1. The lowest BCUT2D eigenvalue weighted by Crippen LogP contribution is -2.23. The second-order valence-corrected chi connectivity index (χ2v) is 7.47. The highest BCUT2D eigenvalue weighted by Gasteiger charge is 2.33. The molecular weight excluding hydrogens is 286 g/mol. The molecule has 1 aromatic carbocycles. The van der Waals surface area contributed by atoms with Crippen molar-refractivity contribution in [1.82, 2.24) is 9.55 Å². The molecule has 0 spiro atoms. The second-order valence-electron chi connectivity index (χ2n) is 7.47. The smallest absolute Gasteiger partial charge is 0.276 e. The molecule has 2 aromatic rings. The first-order valence-corrected chi connectivity index (χ1v) is 8.11. The zero-order valence-corrected chi connectivity index (χ0v) is 14.9. The molecule has 0 amide bonds. The molecule has 122 valence electrons. The quantitative estimate of drug-likeness (QED) is 0.926. The summed E-state index contributed by atoms with van der Waals surface area (Å²) in [5.41, 5.74) is 7.23. The van der Waals surface area contributed by atoms with E-state index in [1.807, 2.05) is 0 Å². The van der Waals surface area contributed by atoms with Gasteiger partial charge in [-0.2, -0.15) is 0 Å². The Morgan fingerprint density at radius 2 is 1.83 bits per heavy atom. The number of aromatic nitrogens is 2. The Morgan fingerprint density at radius 1 is 1.17 bits per heavy atom. The molecule has 1 aliphatic carbocycles. The Bertz CT molecular complexity index is 847. The highest BCUT2D eigenvalue weighted by molar-refractivity contribution is 5.70. The molecular formula is C19H25N3O. The van der Waals surface area contributed by atoms with Crippen molar-refractivity contribution in [2.75, 3.05) is 12.4 Å². The van der Waals surface area contributed by atoms with Crippen LogP contribution in [0.2, 0.25) is 0 Å². The molecule has 1 aliphatic rings. The summed E-state index contributed by atoms with van der Waals surface area (Å²) in [5.74, 6) is 0.764. The van der Waals surface area contributed by atoms with Gasteiger partial charge in [0.15, 0.2) is 0 Å². The van der Waals surface area contributed by atoms with Crippen molar-refractivity contribution in [2.24, 2.45) is 12.5 Å². The molecule has 0 saturated heterocycles. The zero-order chi connectivity index (χ0) is 16.9. The van der Waals surface area contributed by atoms with Gasteiger partial charge in [-0.15, -0.1) is 0 Å². The Kier molecular flexibility index (Phi) is 3.58. The van der Waals surface area contributed by atoms with E-state index in [4.69, 9.17) is 0 Å². The molecule has 0 atom stereocenters. The van der Waals surface area contributed by atoms with E-state index in [1.165, 1.54) is 22.3 Å². The van der Waals surface area contributed by atoms with Gasteiger partial charge in [-0.3, -0.25) is 9.36 Å². The van der Waals surface area contributed by atoms with Crippen LogP contribution in [-0.2, 0) is 19.9 Å². The van der Waals surface area contributed by atoms with Gasteiger partial charge in [0.25, 0.3) is 5.56 Å². The van der Waals surface area contributed by atoms with Gasteiger partial charge in [0.1, 0.15) is 11.5 Å². The number of nitrogens with zero attached hydrogens (tertiary/aromatic N) is 2. The van der Waals surface area contributed by atoms with Crippen molar-refractivity contribution in [2.45, 2.75) is 40.5 Å². The van der Waals surface area contributed by atoms with Crippen molar-refractivity contribution in [3.05, 3.63) is 44.9 Å². The maximum atomic E-state index is 12.5. The van der Waals surface area contributed by atoms with Gasteiger partial charge in [-0.05, 0) is 54.4 Å². The standard InChI is InChI=1S/C19H25N3O/c1-11-7-12(2)16(14-9-19(3,4)8-13(11)14)17-21-10-15(20-5)18(23)22(17)6/h7,10,20H,8-9H2,1-6H3. The molecule has 0 unspecified atom stereocenters. The first kappa shape index (κ1) is 15.8. The minimum atomic E-state index is -0.0384. The van der Waals surface area contributed by atoms with E-state index in [1.54, 1.807) is 24.9 Å². The van der Waals surface area contributed by atoms with Crippen LogP contribution in [0.25, 0.3) is 11.4 Å². The largest absolute Gasteiger partial charge is 0.382 e. The number of aryl methyl sites for hydroxylation is 2. The number of hydrogen-bond acceptors (Lipinski definition) is 3. The summed E-state index contributed by atoms with van der Waals surface area (Å²) in [7, 11) is 3.55. The van der Waals surface area contributed by atoms with Crippen molar-refractivity contribution in [3.8, 4) is 11.4 Å². The molecule has 4 nitrogen and oxygen atoms in total. The molecule has 0 aliphatic heterocycles. The van der Waals surface area contributed by atoms with Gasteiger partial charge >= 0.3 is 0 Å². The van der Waals surface area contributed by atoms with E-state index >= 15 is 0 Å². The Morgan fingerprint density at radius 3 is 2.48 bits per heavy atom. The minimum absolute atomic E-state index is 0.0384. The number of anilines is 1. The van der Waals surface area contributed by atoms with Crippen LogP contribution in [0.1, 0.15) is 36.1 Å². The summed E-state index contributed by atoms with van der Waals surface area (Å²) >= 11 is 0. The molecule has 1 heterocycles. The Balaban J connectivity index is 2.30. The lowest BCUT2D eigenvalue weighted by molar-refractivity contribution is 0.392. The summed E-state index contributed by atoms with van der Waals surface area (Å²) in [5, 5.41) is 2.91. The maximum absolute atomic E-state index is 12.5. The van der Waals surface area contributed by atoms with Gasteiger partial charge in [0.2, 0.25) is 0 Å². The number of hydrogen-bond donors (Lipinski definition) is 1. The lowest BCUT2D eigenvalue weighted by atomic mass is 9.89. The van der Waals surface area contributed by atoms with Crippen LogP contribution in [0.4, 0.5) is 5.69 Å². The molecule has 1 N–H and O–H groups in total. The van der Waals surface area contributed by atoms with Crippen LogP contribution in [0.15, 0.2) is 17.1 Å². The normalized spacial score (nSPS) is 15.6. The molecule has 1 aromatic heterocycles. The SMILES string of the molecule is CNc1cnc(-c2c(C)cc(C)c3c2CC(C)(C)C3)n(C)c1=O. The molecule has 0 radical (unpaired) electrons. The molecule has 0 bridgehead atoms. The van der Waals surface area contributed by atoms with Gasteiger partial charge in [0, 0.05) is 19.7 Å². The van der Waals surface area contributed by atoms with Crippen LogP contribution >= 0.6 is 0 Å². The summed E-state index contributed by atoms with van der Waals surface area (Å²) < 4.78 is 1.66. The van der Waals surface area contributed by atoms with Crippen LogP contribution in [-0.4, -0.2) is 16.6 Å². The van der Waals surface area contributed by atoms with Crippen LogP contribution in [0.3, 0.4) is 0 Å². The van der Waals surface area contributed by atoms with Crippen LogP contribution in [0, 0.1) is 19.3 Å². The average Bonchev–Trinajstić information content (AvgIpc) is 2.79. The summed E-state index contributed by atoms with van der Waals surface area (Å²) in [6, 6.07) is 2.23. The van der Waals surface area contributed by atoms with Gasteiger partial charge < -0.3 is 5.32 Å². The highest BCUT2D eigenvalue weighted by Crippen LogP contribution is 2.43. The third-order valence-electron chi connectivity index (χ3n) is 4.94. The Hall–Kier alpha value is -2.10. The molecule has 3 rings (SSSR count). The van der Waals surface area contributed by atoms with E-state index < -0.39 is 0 Å². The van der Waals surface area contributed by atoms with E-state index in [-0.39, 0.29) is 11.0 Å². The zero-order valence-electron chi connectivity index (χ0n) is 14.9. The lowest BCUT2D eigenvalue weighted by Gasteiger charge is -2.17. The minimum Gasteiger partial charge on any atom is -0.382 e. The third kappa shape index (κ3) is 2.46. The summed E-state index contributed by atoms with van der Waals surface area (Å²) in [6.07, 6.45) is 3.76. The first-order valence-electron chi connectivity index (χ1n) is 8.11. The van der Waals surface area contributed by atoms with E-state index in [9.17, 15) is 4.79 Å². The Labute approximate surface area is 137 Å².